The minimum absolute atomic E-state index is 0.0120. The second-order valence-corrected chi connectivity index (χ2v) is 5.05. The van der Waals surface area contributed by atoms with Gasteiger partial charge in [0.15, 0.2) is 17.3 Å². The molecule has 2 aromatic rings. The van der Waals surface area contributed by atoms with Crippen LogP contribution in [0.25, 0.3) is 6.08 Å². The van der Waals surface area contributed by atoms with Gasteiger partial charge in [0.1, 0.15) is 11.5 Å². The first kappa shape index (κ1) is 19.2. The molecule has 138 valence electrons. The van der Waals surface area contributed by atoms with Crippen LogP contribution in [-0.2, 0) is 0 Å². The molecule has 0 aromatic heterocycles. The van der Waals surface area contributed by atoms with Crippen molar-refractivity contribution in [1.29, 1.82) is 0 Å². The number of halogens is 2. The lowest BCUT2D eigenvalue weighted by atomic mass is 10.1. The number of allylic oxidation sites excluding steroid dienone is 1. The van der Waals surface area contributed by atoms with Gasteiger partial charge in [-0.05, 0) is 42.5 Å². The van der Waals surface area contributed by atoms with Crippen LogP contribution in [0, 0.1) is 0 Å². The number of benzene rings is 2. The predicted molar refractivity (Wildman–Crippen MR) is 92.5 cm³/mol. The molecule has 0 heterocycles. The van der Waals surface area contributed by atoms with E-state index in [2.05, 4.69) is 4.74 Å². The summed E-state index contributed by atoms with van der Waals surface area (Å²) in [5.74, 6) is 1.19. The van der Waals surface area contributed by atoms with E-state index in [9.17, 15) is 13.6 Å². The molecule has 2 rings (SSSR count). The number of carbonyl (C=O) groups excluding carboxylic acids is 1. The lowest BCUT2D eigenvalue weighted by molar-refractivity contribution is -0.0498. The zero-order valence-electron chi connectivity index (χ0n) is 14.5. The van der Waals surface area contributed by atoms with Crippen molar-refractivity contribution in [2.75, 3.05) is 21.3 Å². The first-order chi connectivity index (χ1) is 12.5. The van der Waals surface area contributed by atoms with Crippen LogP contribution in [0.2, 0.25) is 0 Å². The molecule has 0 N–H and O–H groups in total. The van der Waals surface area contributed by atoms with E-state index in [0.717, 1.165) is 0 Å². The number of carbonyl (C=O) groups is 1. The van der Waals surface area contributed by atoms with Crippen molar-refractivity contribution >= 4 is 11.9 Å². The van der Waals surface area contributed by atoms with Crippen LogP contribution >= 0.6 is 0 Å². The van der Waals surface area contributed by atoms with Gasteiger partial charge >= 0.3 is 6.61 Å². The topological polar surface area (TPSA) is 54.0 Å². The Morgan fingerprint density at radius 2 is 1.50 bits per heavy atom. The van der Waals surface area contributed by atoms with Crippen molar-refractivity contribution in [3.05, 3.63) is 53.6 Å². The van der Waals surface area contributed by atoms with Crippen molar-refractivity contribution in [3.63, 3.8) is 0 Å². The van der Waals surface area contributed by atoms with Gasteiger partial charge in [-0.3, -0.25) is 4.79 Å². The lowest BCUT2D eigenvalue weighted by Crippen LogP contribution is -2.02. The smallest absolute Gasteiger partial charge is 0.387 e. The molecular formula is C19H18F2O5. The summed E-state index contributed by atoms with van der Waals surface area (Å²) < 4.78 is 44.3. The number of alkyl halides is 2. The first-order valence-corrected chi connectivity index (χ1v) is 7.55. The highest BCUT2D eigenvalue weighted by Crippen LogP contribution is 2.35. The average Bonchev–Trinajstić information content (AvgIpc) is 2.65. The van der Waals surface area contributed by atoms with E-state index >= 15 is 0 Å². The summed E-state index contributed by atoms with van der Waals surface area (Å²) in [5, 5.41) is 0. The highest BCUT2D eigenvalue weighted by atomic mass is 19.3. The SMILES string of the molecule is COc1cc(OC)c(OC)cc1C=CC(=O)c1ccc(OC(F)F)cc1. The van der Waals surface area contributed by atoms with Crippen LogP contribution in [0.1, 0.15) is 15.9 Å². The Kier molecular flexibility index (Phi) is 6.54. The molecule has 0 amide bonds. The Bertz CT molecular complexity index is 785. The maximum Gasteiger partial charge on any atom is 0.387 e. The summed E-state index contributed by atoms with van der Waals surface area (Å²) in [6.45, 7) is -2.91. The number of methoxy groups -OCH3 is 3. The quantitative estimate of drug-likeness (QED) is 0.519. The zero-order valence-corrected chi connectivity index (χ0v) is 14.5. The number of hydrogen-bond donors (Lipinski definition) is 0. The normalized spacial score (nSPS) is 10.8. The van der Waals surface area contributed by atoms with E-state index < -0.39 is 6.61 Å². The Morgan fingerprint density at radius 3 is 2.04 bits per heavy atom. The Morgan fingerprint density at radius 1 is 0.923 bits per heavy atom. The molecule has 0 radical (unpaired) electrons. The fourth-order valence-electron chi connectivity index (χ4n) is 2.25. The van der Waals surface area contributed by atoms with Gasteiger partial charge in [-0.15, -0.1) is 0 Å². The van der Waals surface area contributed by atoms with Crippen LogP contribution in [0.3, 0.4) is 0 Å². The van der Waals surface area contributed by atoms with E-state index in [0.29, 0.717) is 28.4 Å². The number of hydrogen-bond acceptors (Lipinski definition) is 5. The monoisotopic (exact) mass is 364 g/mol. The second kappa shape index (κ2) is 8.84. The van der Waals surface area contributed by atoms with Gasteiger partial charge in [0.2, 0.25) is 0 Å². The molecule has 2 aromatic carbocycles. The highest BCUT2D eigenvalue weighted by Gasteiger charge is 2.11. The Hall–Kier alpha value is -3.09. The third-order valence-corrected chi connectivity index (χ3v) is 3.51. The molecule has 0 saturated carbocycles. The third kappa shape index (κ3) is 4.72. The van der Waals surface area contributed by atoms with Crippen LogP contribution < -0.4 is 18.9 Å². The number of ketones is 1. The summed E-state index contributed by atoms with van der Waals surface area (Å²) in [6.07, 6.45) is 2.93. The second-order valence-electron chi connectivity index (χ2n) is 5.05. The molecule has 0 fully saturated rings. The van der Waals surface area contributed by atoms with Crippen molar-refractivity contribution in [2.24, 2.45) is 0 Å². The fraction of sp³-hybridized carbons (Fsp3) is 0.211. The molecule has 0 spiro atoms. The Labute approximate surface area is 149 Å². The van der Waals surface area contributed by atoms with E-state index in [1.165, 1.54) is 51.7 Å². The van der Waals surface area contributed by atoms with Gasteiger partial charge in [0.05, 0.1) is 21.3 Å². The van der Waals surface area contributed by atoms with Crippen molar-refractivity contribution in [2.45, 2.75) is 6.61 Å². The molecule has 0 aliphatic carbocycles. The molecule has 5 nitrogen and oxygen atoms in total. The van der Waals surface area contributed by atoms with Gasteiger partial charge in [-0.25, -0.2) is 0 Å². The van der Waals surface area contributed by atoms with Crippen LogP contribution in [0.4, 0.5) is 8.78 Å². The van der Waals surface area contributed by atoms with E-state index in [1.807, 2.05) is 0 Å². The molecule has 0 bridgehead atoms. The van der Waals surface area contributed by atoms with Crippen molar-refractivity contribution < 1.29 is 32.5 Å². The van der Waals surface area contributed by atoms with Crippen LogP contribution in [-0.4, -0.2) is 33.7 Å². The molecule has 0 aliphatic heterocycles. The summed E-state index contributed by atoms with van der Waals surface area (Å²) in [5.41, 5.74) is 0.957. The van der Waals surface area contributed by atoms with Gasteiger partial charge in [-0.2, -0.15) is 8.78 Å². The molecular weight excluding hydrogens is 346 g/mol. The summed E-state index contributed by atoms with van der Waals surface area (Å²) >= 11 is 0. The van der Waals surface area contributed by atoms with Gasteiger partial charge in [0.25, 0.3) is 0 Å². The minimum atomic E-state index is -2.91. The van der Waals surface area contributed by atoms with Crippen molar-refractivity contribution in [1.82, 2.24) is 0 Å². The van der Waals surface area contributed by atoms with E-state index in [-0.39, 0.29) is 11.5 Å². The van der Waals surface area contributed by atoms with Gasteiger partial charge in [0, 0.05) is 17.2 Å². The molecule has 0 atom stereocenters. The van der Waals surface area contributed by atoms with E-state index in [4.69, 9.17) is 14.2 Å². The minimum Gasteiger partial charge on any atom is -0.496 e. The molecule has 26 heavy (non-hydrogen) atoms. The lowest BCUT2D eigenvalue weighted by Gasteiger charge is -2.12. The fourth-order valence-corrected chi connectivity index (χ4v) is 2.25. The van der Waals surface area contributed by atoms with Crippen LogP contribution in [0.5, 0.6) is 23.0 Å². The standard InChI is InChI=1S/C19H18F2O5/c1-23-16-11-18(25-3)17(24-2)10-13(16)6-9-15(22)12-4-7-14(8-5-12)26-19(20)21/h4-11,19H,1-3H3. The Balaban J connectivity index is 2.21. The molecule has 0 aliphatic rings. The van der Waals surface area contributed by atoms with E-state index in [1.54, 1.807) is 18.2 Å². The van der Waals surface area contributed by atoms with Crippen LogP contribution in [0.15, 0.2) is 42.5 Å². The number of rotatable bonds is 8. The average molecular weight is 364 g/mol. The molecule has 0 saturated heterocycles. The maximum atomic E-state index is 12.3. The molecule has 0 unspecified atom stereocenters. The zero-order chi connectivity index (χ0) is 19.1. The summed E-state index contributed by atoms with van der Waals surface area (Å²) in [4.78, 5) is 12.3. The largest absolute Gasteiger partial charge is 0.496 e. The van der Waals surface area contributed by atoms with Gasteiger partial charge in [-0.1, -0.05) is 0 Å². The predicted octanol–water partition coefficient (Wildman–Crippen LogP) is 4.21. The summed E-state index contributed by atoms with van der Waals surface area (Å²) in [7, 11) is 4.52. The highest BCUT2D eigenvalue weighted by molar-refractivity contribution is 6.07. The number of ether oxygens (including phenoxy) is 4. The maximum absolute atomic E-state index is 12.3. The van der Waals surface area contributed by atoms with Crippen molar-refractivity contribution in [3.8, 4) is 23.0 Å². The third-order valence-electron chi connectivity index (χ3n) is 3.51. The van der Waals surface area contributed by atoms with Gasteiger partial charge < -0.3 is 18.9 Å². The molecule has 7 heteroatoms. The summed E-state index contributed by atoms with van der Waals surface area (Å²) in [6, 6.07) is 8.78. The first-order valence-electron chi connectivity index (χ1n) is 7.55.